The number of carbonyl (C=O) groups is 2. The van der Waals surface area contributed by atoms with Crippen molar-refractivity contribution < 1.29 is 19.1 Å². The number of nitrogens with zero attached hydrogens (tertiary/aromatic N) is 2. The number of fused-ring (bicyclic) bond motifs is 2. The van der Waals surface area contributed by atoms with Gasteiger partial charge in [0.2, 0.25) is 12.2 Å². The second kappa shape index (κ2) is 7.15. The summed E-state index contributed by atoms with van der Waals surface area (Å²) in [6.07, 6.45) is -1.98. The molecule has 8 nitrogen and oxygen atoms in total. The summed E-state index contributed by atoms with van der Waals surface area (Å²) in [6.45, 7) is 2.58. The fourth-order valence-corrected chi connectivity index (χ4v) is 3.09. The number of ether oxygens (including phenoxy) is 2. The Bertz CT molecular complexity index is 1010. The highest BCUT2D eigenvalue weighted by Crippen LogP contribution is 2.34. The van der Waals surface area contributed by atoms with Crippen molar-refractivity contribution in [3.63, 3.8) is 0 Å². The maximum atomic E-state index is 11.8. The van der Waals surface area contributed by atoms with Crippen LogP contribution in [0.4, 0.5) is 0 Å². The number of aromatic nitrogens is 4. The molecule has 4 rings (SSSR count). The molecule has 142 valence electrons. The Kier molecular flexibility index (Phi) is 4.52. The Labute approximate surface area is 159 Å². The highest BCUT2D eigenvalue weighted by Gasteiger charge is 2.35. The standard InChI is InChI=1S/C20H18N4O4/c1-11(25)27-17(19-21-13-7-3-4-8-14(13)22-19)18(28-12(2)26)20-23-15-9-5-6-10-16(15)24-20/h3-10,17-18H,1-2H3,(H,21,22)(H,23,24)/t17-,18+. The van der Waals surface area contributed by atoms with Crippen molar-refractivity contribution in [3.05, 3.63) is 60.2 Å². The van der Waals surface area contributed by atoms with Gasteiger partial charge in [-0.05, 0) is 24.3 Å². The number of aromatic amines is 2. The van der Waals surface area contributed by atoms with E-state index in [0.717, 1.165) is 11.0 Å². The van der Waals surface area contributed by atoms with Crippen LogP contribution < -0.4 is 0 Å². The number of rotatable bonds is 5. The third kappa shape index (κ3) is 3.44. The van der Waals surface area contributed by atoms with Crippen LogP contribution in [0.3, 0.4) is 0 Å². The maximum Gasteiger partial charge on any atom is 0.303 e. The SMILES string of the molecule is CC(=O)O[C@H](c1nc2ccccc2[nH]1)[C@@H](OC(C)=O)c1nc2ccccc2[nH]1. The molecule has 0 radical (unpaired) electrons. The van der Waals surface area contributed by atoms with Crippen LogP contribution >= 0.6 is 0 Å². The smallest absolute Gasteiger partial charge is 0.303 e. The summed E-state index contributed by atoms with van der Waals surface area (Å²) in [5.74, 6) is -0.330. The Hall–Kier alpha value is -3.68. The van der Waals surface area contributed by atoms with Gasteiger partial charge in [-0.25, -0.2) is 9.97 Å². The topological polar surface area (TPSA) is 110 Å². The van der Waals surface area contributed by atoms with E-state index in [1.54, 1.807) is 0 Å². The number of carbonyl (C=O) groups excluding carboxylic acids is 2. The van der Waals surface area contributed by atoms with Crippen molar-refractivity contribution in [1.82, 2.24) is 19.9 Å². The van der Waals surface area contributed by atoms with E-state index in [-0.39, 0.29) is 0 Å². The van der Waals surface area contributed by atoms with Crippen LogP contribution in [0.25, 0.3) is 22.1 Å². The van der Waals surface area contributed by atoms with E-state index in [4.69, 9.17) is 9.47 Å². The molecule has 0 aliphatic rings. The quantitative estimate of drug-likeness (QED) is 0.515. The van der Waals surface area contributed by atoms with Gasteiger partial charge in [0.05, 0.1) is 22.1 Å². The summed E-state index contributed by atoms with van der Waals surface area (Å²) in [5.41, 5.74) is 2.98. The second-order valence-electron chi connectivity index (χ2n) is 6.34. The van der Waals surface area contributed by atoms with Crippen molar-refractivity contribution in [1.29, 1.82) is 0 Å². The Morgan fingerprint density at radius 3 is 1.50 bits per heavy atom. The first-order valence-electron chi connectivity index (χ1n) is 8.75. The summed E-state index contributed by atoms with van der Waals surface area (Å²) in [5, 5.41) is 0. The maximum absolute atomic E-state index is 11.8. The van der Waals surface area contributed by atoms with Crippen molar-refractivity contribution >= 4 is 34.0 Å². The number of H-pyrrole nitrogens is 2. The summed E-state index contributed by atoms with van der Waals surface area (Å²) in [7, 11) is 0. The van der Waals surface area contributed by atoms with E-state index in [9.17, 15) is 9.59 Å². The molecule has 2 N–H and O–H groups in total. The molecule has 0 saturated carbocycles. The van der Waals surface area contributed by atoms with Gasteiger partial charge in [0.25, 0.3) is 0 Å². The minimum absolute atomic E-state index is 0.364. The fraction of sp³-hybridized carbons (Fsp3) is 0.200. The van der Waals surface area contributed by atoms with E-state index in [1.165, 1.54) is 13.8 Å². The number of hydrogen-bond donors (Lipinski definition) is 2. The lowest BCUT2D eigenvalue weighted by molar-refractivity contribution is -0.168. The lowest BCUT2D eigenvalue weighted by Crippen LogP contribution is -2.23. The minimum atomic E-state index is -0.991. The van der Waals surface area contributed by atoms with Crippen molar-refractivity contribution in [2.45, 2.75) is 26.1 Å². The van der Waals surface area contributed by atoms with Gasteiger partial charge in [0, 0.05) is 13.8 Å². The number of nitrogens with one attached hydrogen (secondary N) is 2. The number of para-hydroxylation sites is 4. The molecule has 2 atom stereocenters. The largest absolute Gasteiger partial charge is 0.450 e. The molecular weight excluding hydrogens is 360 g/mol. The first-order chi connectivity index (χ1) is 13.5. The summed E-state index contributed by atoms with van der Waals surface area (Å²) in [4.78, 5) is 38.9. The van der Waals surface area contributed by atoms with Crippen LogP contribution in [0.5, 0.6) is 0 Å². The van der Waals surface area contributed by atoms with Gasteiger partial charge in [-0.1, -0.05) is 24.3 Å². The molecule has 0 saturated heterocycles. The molecular formula is C20H18N4O4. The van der Waals surface area contributed by atoms with E-state index in [1.807, 2.05) is 48.5 Å². The predicted molar refractivity (Wildman–Crippen MR) is 101 cm³/mol. The van der Waals surface area contributed by atoms with Gasteiger partial charge in [-0.2, -0.15) is 0 Å². The number of esters is 2. The molecule has 2 heterocycles. The average molecular weight is 378 g/mol. The van der Waals surface area contributed by atoms with Crippen molar-refractivity contribution in [2.24, 2.45) is 0 Å². The van der Waals surface area contributed by atoms with Crippen molar-refractivity contribution in [2.75, 3.05) is 0 Å². The van der Waals surface area contributed by atoms with Gasteiger partial charge in [-0.15, -0.1) is 0 Å². The molecule has 0 bridgehead atoms. The molecule has 0 aliphatic carbocycles. The Balaban J connectivity index is 1.83. The Morgan fingerprint density at radius 1 is 0.750 bits per heavy atom. The van der Waals surface area contributed by atoms with E-state index >= 15 is 0 Å². The average Bonchev–Trinajstić information content (AvgIpc) is 3.27. The van der Waals surface area contributed by atoms with Gasteiger partial charge in [-0.3, -0.25) is 9.59 Å². The number of benzene rings is 2. The monoisotopic (exact) mass is 378 g/mol. The van der Waals surface area contributed by atoms with Crippen LogP contribution in [-0.4, -0.2) is 31.9 Å². The van der Waals surface area contributed by atoms with Crippen LogP contribution in [0.1, 0.15) is 37.7 Å². The summed E-state index contributed by atoms with van der Waals surface area (Å²) >= 11 is 0. The number of imidazole rings is 2. The third-order valence-corrected chi connectivity index (χ3v) is 4.22. The molecule has 0 aliphatic heterocycles. The molecule has 0 unspecified atom stereocenters. The molecule has 4 aromatic rings. The minimum Gasteiger partial charge on any atom is -0.450 e. The van der Waals surface area contributed by atoms with E-state index in [0.29, 0.717) is 22.7 Å². The summed E-state index contributed by atoms with van der Waals surface area (Å²) < 4.78 is 11.0. The first kappa shape index (κ1) is 17.7. The van der Waals surface area contributed by atoms with Crippen LogP contribution in [-0.2, 0) is 19.1 Å². The van der Waals surface area contributed by atoms with Crippen LogP contribution in [0.2, 0.25) is 0 Å². The zero-order valence-corrected chi connectivity index (χ0v) is 15.3. The van der Waals surface area contributed by atoms with E-state index in [2.05, 4.69) is 19.9 Å². The van der Waals surface area contributed by atoms with Gasteiger partial charge in [0.15, 0.2) is 11.6 Å². The molecule has 28 heavy (non-hydrogen) atoms. The molecule has 0 spiro atoms. The molecule has 0 amide bonds. The third-order valence-electron chi connectivity index (χ3n) is 4.22. The lowest BCUT2D eigenvalue weighted by atomic mass is 10.1. The van der Waals surface area contributed by atoms with Gasteiger partial charge < -0.3 is 19.4 Å². The predicted octanol–water partition coefficient (Wildman–Crippen LogP) is 3.35. The van der Waals surface area contributed by atoms with E-state index < -0.39 is 24.1 Å². The molecule has 0 fully saturated rings. The second-order valence-corrected chi connectivity index (χ2v) is 6.34. The van der Waals surface area contributed by atoms with Gasteiger partial charge >= 0.3 is 11.9 Å². The molecule has 2 aromatic heterocycles. The number of hydrogen-bond acceptors (Lipinski definition) is 6. The molecule has 8 heteroatoms. The normalized spacial score (nSPS) is 13.4. The lowest BCUT2D eigenvalue weighted by Gasteiger charge is -2.23. The van der Waals surface area contributed by atoms with Crippen LogP contribution in [0, 0.1) is 0 Å². The highest BCUT2D eigenvalue weighted by atomic mass is 16.6. The fourth-order valence-electron chi connectivity index (χ4n) is 3.09. The van der Waals surface area contributed by atoms with Crippen molar-refractivity contribution in [3.8, 4) is 0 Å². The highest BCUT2D eigenvalue weighted by molar-refractivity contribution is 5.76. The first-order valence-corrected chi connectivity index (χ1v) is 8.75. The molecule has 2 aromatic carbocycles. The zero-order valence-electron chi connectivity index (χ0n) is 15.3. The Morgan fingerprint density at radius 2 is 1.14 bits per heavy atom. The zero-order chi connectivity index (χ0) is 19.7. The van der Waals surface area contributed by atoms with Gasteiger partial charge in [0.1, 0.15) is 0 Å². The van der Waals surface area contributed by atoms with Crippen LogP contribution in [0.15, 0.2) is 48.5 Å². The summed E-state index contributed by atoms with van der Waals surface area (Å²) in [6, 6.07) is 14.8.